The number of rotatable bonds is 5. The molecular formula is C21H26F2N6O2. The van der Waals surface area contributed by atoms with Crippen LogP contribution in [0.1, 0.15) is 73.2 Å². The molecular weight excluding hydrogens is 406 g/mol. The molecule has 0 spiro atoms. The molecule has 1 amide bonds. The van der Waals surface area contributed by atoms with E-state index < -0.39 is 6.43 Å². The number of pyridine rings is 1. The number of amides is 1. The maximum Gasteiger partial charge on any atom is 0.264 e. The lowest BCUT2D eigenvalue weighted by Crippen LogP contribution is -2.40. The Morgan fingerprint density at radius 3 is 2.74 bits per heavy atom. The highest BCUT2D eigenvalue weighted by Crippen LogP contribution is 2.34. The molecule has 0 bridgehead atoms. The number of alkyl halides is 2. The molecule has 10 heteroatoms. The molecule has 4 heterocycles. The highest BCUT2D eigenvalue weighted by Gasteiger charge is 2.29. The predicted molar refractivity (Wildman–Crippen MR) is 109 cm³/mol. The second kappa shape index (κ2) is 8.32. The zero-order valence-corrected chi connectivity index (χ0v) is 18.1. The molecule has 1 aliphatic rings. The summed E-state index contributed by atoms with van der Waals surface area (Å²) in [7, 11) is 0. The number of likely N-dealkylation sites (tertiary alicyclic amines) is 1. The molecule has 0 saturated carbocycles. The third-order valence-corrected chi connectivity index (χ3v) is 5.89. The maximum atomic E-state index is 13.7. The first kappa shape index (κ1) is 21.3. The largest absolute Gasteiger partial charge is 0.342 e. The van der Waals surface area contributed by atoms with Gasteiger partial charge in [0, 0.05) is 36.7 Å². The van der Waals surface area contributed by atoms with Crippen molar-refractivity contribution in [1.29, 1.82) is 0 Å². The summed E-state index contributed by atoms with van der Waals surface area (Å²) in [5, 5.41) is 8.43. The van der Waals surface area contributed by atoms with E-state index in [9.17, 15) is 13.6 Å². The molecule has 0 aliphatic carbocycles. The van der Waals surface area contributed by atoms with Crippen molar-refractivity contribution < 1.29 is 18.1 Å². The number of fused-ring (bicyclic) bond motifs is 1. The van der Waals surface area contributed by atoms with Gasteiger partial charge in [0.2, 0.25) is 5.91 Å². The van der Waals surface area contributed by atoms with Crippen molar-refractivity contribution in [2.45, 2.75) is 65.3 Å². The van der Waals surface area contributed by atoms with Crippen molar-refractivity contribution in [2.24, 2.45) is 0 Å². The van der Waals surface area contributed by atoms with Crippen LogP contribution in [0.3, 0.4) is 0 Å². The van der Waals surface area contributed by atoms with Gasteiger partial charge in [-0.2, -0.15) is 5.10 Å². The Morgan fingerprint density at radius 1 is 1.29 bits per heavy atom. The van der Waals surface area contributed by atoms with Gasteiger partial charge in [0.15, 0.2) is 0 Å². The van der Waals surface area contributed by atoms with Gasteiger partial charge in [-0.3, -0.25) is 4.79 Å². The number of halogens is 2. The molecule has 1 saturated heterocycles. The first-order chi connectivity index (χ1) is 14.7. The highest BCUT2D eigenvalue weighted by atomic mass is 19.3. The molecule has 0 radical (unpaired) electrons. The fourth-order valence-electron chi connectivity index (χ4n) is 4.40. The van der Waals surface area contributed by atoms with Crippen molar-refractivity contribution in [3.05, 3.63) is 34.7 Å². The van der Waals surface area contributed by atoms with Crippen LogP contribution in [0.25, 0.3) is 11.1 Å². The van der Waals surface area contributed by atoms with Crippen molar-refractivity contribution in [3.63, 3.8) is 0 Å². The quantitative estimate of drug-likeness (QED) is 0.605. The van der Waals surface area contributed by atoms with E-state index in [0.29, 0.717) is 36.7 Å². The zero-order chi connectivity index (χ0) is 22.3. The van der Waals surface area contributed by atoms with E-state index in [1.807, 2.05) is 20.8 Å². The molecule has 0 aromatic carbocycles. The van der Waals surface area contributed by atoms with Gasteiger partial charge in [-0.25, -0.2) is 23.4 Å². The molecule has 4 rings (SSSR count). The average molecular weight is 432 g/mol. The summed E-state index contributed by atoms with van der Waals surface area (Å²) < 4.78 is 34.3. The maximum absolute atomic E-state index is 13.7. The average Bonchev–Trinajstić information content (AvgIpc) is 3.28. The SMILES string of the molecule is Cc1nc(C)n([C@@H](C)CC(=O)N2CCC[C@H](c3cc(C(F)F)c4c(C)noc4n3)C2)n1. The highest BCUT2D eigenvalue weighted by molar-refractivity contribution is 5.80. The van der Waals surface area contributed by atoms with E-state index in [0.717, 1.165) is 18.7 Å². The van der Waals surface area contributed by atoms with Gasteiger partial charge in [-0.05, 0) is 46.6 Å². The van der Waals surface area contributed by atoms with Gasteiger partial charge >= 0.3 is 0 Å². The molecule has 166 valence electrons. The van der Waals surface area contributed by atoms with E-state index in [1.165, 1.54) is 6.07 Å². The molecule has 2 atom stereocenters. The first-order valence-corrected chi connectivity index (χ1v) is 10.5. The number of aromatic nitrogens is 5. The first-order valence-electron chi connectivity index (χ1n) is 10.5. The summed E-state index contributed by atoms with van der Waals surface area (Å²) in [4.78, 5) is 23.5. The smallest absolute Gasteiger partial charge is 0.264 e. The Kier molecular flexibility index (Phi) is 5.72. The molecule has 3 aromatic heterocycles. The number of nitrogens with zero attached hydrogens (tertiary/aromatic N) is 6. The van der Waals surface area contributed by atoms with Gasteiger partial charge in [-0.15, -0.1) is 0 Å². The molecule has 1 fully saturated rings. The van der Waals surface area contributed by atoms with Crippen molar-refractivity contribution in [3.8, 4) is 0 Å². The van der Waals surface area contributed by atoms with Crippen LogP contribution >= 0.6 is 0 Å². The van der Waals surface area contributed by atoms with Crippen LogP contribution < -0.4 is 0 Å². The normalized spacial score (nSPS) is 18.2. The van der Waals surface area contributed by atoms with E-state index in [4.69, 9.17) is 4.52 Å². The van der Waals surface area contributed by atoms with Crippen LogP contribution in [0.15, 0.2) is 10.6 Å². The van der Waals surface area contributed by atoms with Crippen molar-refractivity contribution in [1.82, 2.24) is 29.8 Å². The Bertz CT molecular complexity index is 1110. The predicted octanol–water partition coefficient (Wildman–Crippen LogP) is 4.03. The number of aryl methyl sites for hydroxylation is 3. The summed E-state index contributed by atoms with van der Waals surface area (Å²) in [6, 6.07) is 1.33. The molecule has 31 heavy (non-hydrogen) atoms. The van der Waals surface area contributed by atoms with Crippen molar-refractivity contribution >= 4 is 17.0 Å². The van der Waals surface area contributed by atoms with Gasteiger partial charge < -0.3 is 9.42 Å². The zero-order valence-electron chi connectivity index (χ0n) is 18.1. The molecule has 1 aliphatic heterocycles. The minimum atomic E-state index is -2.65. The second-order valence-electron chi connectivity index (χ2n) is 8.27. The van der Waals surface area contributed by atoms with Gasteiger partial charge in [0.1, 0.15) is 11.6 Å². The number of hydrogen-bond acceptors (Lipinski definition) is 6. The standard InChI is InChI=1S/C21H26F2N6O2/c1-11(29-14(4)24-13(3)26-29)8-18(30)28-7-5-6-15(10-28)17-9-16(20(22)23)19-12(2)27-31-21(19)25-17/h9,11,15,20H,5-8,10H2,1-4H3/t11-,15-/m0/s1. The fraction of sp³-hybridized carbons (Fsp3) is 0.571. The van der Waals surface area contributed by atoms with Crippen molar-refractivity contribution in [2.75, 3.05) is 13.1 Å². The Balaban J connectivity index is 1.52. The lowest BCUT2D eigenvalue weighted by molar-refractivity contribution is -0.133. The topological polar surface area (TPSA) is 89.9 Å². The lowest BCUT2D eigenvalue weighted by atomic mass is 9.92. The number of piperidine rings is 1. The number of carbonyl (C=O) groups is 1. The van der Waals surface area contributed by atoms with Crippen LogP contribution in [0.2, 0.25) is 0 Å². The van der Waals surface area contributed by atoms with Crippen LogP contribution in [-0.2, 0) is 4.79 Å². The van der Waals surface area contributed by atoms with Gasteiger partial charge in [0.05, 0.1) is 17.1 Å². The van der Waals surface area contributed by atoms with Crippen LogP contribution in [-0.4, -0.2) is 48.8 Å². The van der Waals surface area contributed by atoms with E-state index >= 15 is 0 Å². The third-order valence-electron chi connectivity index (χ3n) is 5.89. The number of carbonyl (C=O) groups excluding carboxylic acids is 1. The third kappa shape index (κ3) is 4.15. The Morgan fingerprint density at radius 2 is 2.06 bits per heavy atom. The molecule has 0 N–H and O–H groups in total. The monoisotopic (exact) mass is 432 g/mol. The summed E-state index contributed by atoms with van der Waals surface area (Å²) in [6.45, 7) is 8.33. The molecule has 8 nitrogen and oxygen atoms in total. The second-order valence-corrected chi connectivity index (χ2v) is 8.27. The Hall–Kier alpha value is -2.91. The summed E-state index contributed by atoms with van der Waals surface area (Å²) in [5.74, 6) is 1.33. The van der Waals surface area contributed by atoms with Gasteiger partial charge in [0.25, 0.3) is 12.1 Å². The van der Waals surface area contributed by atoms with Crippen LogP contribution in [0, 0.1) is 20.8 Å². The minimum absolute atomic E-state index is 0.00965. The Labute approximate surface area is 178 Å². The lowest BCUT2D eigenvalue weighted by Gasteiger charge is -2.33. The van der Waals surface area contributed by atoms with Gasteiger partial charge in [-0.1, -0.05) is 5.16 Å². The van der Waals surface area contributed by atoms with Crippen LogP contribution in [0.5, 0.6) is 0 Å². The minimum Gasteiger partial charge on any atom is -0.342 e. The van der Waals surface area contributed by atoms with E-state index in [1.54, 1.807) is 16.5 Å². The fourth-order valence-corrected chi connectivity index (χ4v) is 4.40. The van der Waals surface area contributed by atoms with Crippen LogP contribution in [0.4, 0.5) is 8.78 Å². The summed E-state index contributed by atoms with van der Waals surface area (Å²) >= 11 is 0. The summed E-state index contributed by atoms with van der Waals surface area (Å²) in [6.07, 6.45) is -0.800. The molecule has 0 unspecified atom stereocenters. The van der Waals surface area contributed by atoms with E-state index in [-0.39, 0.29) is 34.5 Å². The summed E-state index contributed by atoms with van der Waals surface area (Å²) in [5.41, 5.74) is 0.928. The van der Waals surface area contributed by atoms with E-state index in [2.05, 4.69) is 20.2 Å². The number of hydrogen-bond donors (Lipinski definition) is 0. The molecule has 3 aromatic rings.